The molecular formula is C16H24N4S. The number of nitriles is 1. The Morgan fingerprint density at radius 2 is 1.90 bits per heavy atom. The molecule has 2 rings (SSSR count). The molecule has 0 aromatic carbocycles. The van der Waals surface area contributed by atoms with Crippen molar-refractivity contribution in [2.45, 2.75) is 58.7 Å². The van der Waals surface area contributed by atoms with Crippen molar-refractivity contribution in [2.75, 3.05) is 6.54 Å². The lowest BCUT2D eigenvalue weighted by Gasteiger charge is -2.39. The van der Waals surface area contributed by atoms with E-state index in [1.807, 2.05) is 6.19 Å². The Labute approximate surface area is 131 Å². The molecule has 1 fully saturated rings. The Morgan fingerprint density at radius 1 is 1.24 bits per heavy atom. The number of aliphatic imine (C=N–C) groups is 1. The summed E-state index contributed by atoms with van der Waals surface area (Å²) in [4.78, 5) is 10.0. The number of nitrogens with zero attached hydrogens (tertiary/aromatic N) is 4. The molecule has 1 unspecified atom stereocenters. The second kappa shape index (κ2) is 5.34. The van der Waals surface area contributed by atoms with Crippen LogP contribution in [0.4, 0.5) is 0 Å². The van der Waals surface area contributed by atoms with Crippen LogP contribution in [0.15, 0.2) is 22.5 Å². The molecule has 0 aliphatic carbocycles. The van der Waals surface area contributed by atoms with E-state index in [1.165, 1.54) is 4.88 Å². The van der Waals surface area contributed by atoms with Gasteiger partial charge in [0.2, 0.25) is 12.2 Å². The fourth-order valence-electron chi connectivity index (χ4n) is 2.80. The summed E-state index contributed by atoms with van der Waals surface area (Å²) in [6.45, 7) is 13.9. The monoisotopic (exact) mass is 304 g/mol. The maximum Gasteiger partial charge on any atom is 0.214 e. The van der Waals surface area contributed by atoms with Gasteiger partial charge < -0.3 is 9.80 Å². The first kappa shape index (κ1) is 15.8. The highest BCUT2D eigenvalue weighted by Crippen LogP contribution is 2.40. The molecule has 0 N–H and O–H groups in total. The SMILES string of the molecule is CC(C)(C)N1CC(c2cccs2)N(C(C)(C)C)C1=NC#N. The molecule has 5 heteroatoms. The van der Waals surface area contributed by atoms with Gasteiger partial charge in [-0.25, -0.2) is 0 Å². The Bertz CT molecular complexity index is 555. The van der Waals surface area contributed by atoms with Gasteiger partial charge in [0.25, 0.3) is 0 Å². The molecule has 0 radical (unpaired) electrons. The van der Waals surface area contributed by atoms with Gasteiger partial charge in [-0.15, -0.1) is 16.3 Å². The average molecular weight is 304 g/mol. The molecule has 0 bridgehead atoms. The van der Waals surface area contributed by atoms with Crippen molar-refractivity contribution in [3.63, 3.8) is 0 Å². The van der Waals surface area contributed by atoms with Crippen molar-refractivity contribution in [1.82, 2.24) is 9.80 Å². The Hall–Kier alpha value is -1.54. The summed E-state index contributed by atoms with van der Waals surface area (Å²) in [7, 11) is 0. The summed E-state index contributed by atoms with van der Waals surface area (Å²) in [5.41, 5.74) is -0.157. The van der Waals surface area contributed by atoms with Crippen LogP contribution in [0, 0.1) is 11.5 Å². The van der Waals surface area contributed by atoms with Gasteiger partial charge in [0.15, 0.2) is 0 Å². The van der Waals surface area contributed by atoms with E-state index in [1.54, 1.807) is 11.3 Å². The van der Waals surface area contributed by atoms with Crippen molar-refractivity contribution in [1.29, 1.82) is 5.26 Å². The number of guanidine groups is 1. The molecule has 1 aliphatic heterocycles. The molecule has 0 amide bonds. The van der Waals surface area contributed by atoms with E-state index >= 15 is 0 Å². The second-order valence-electron chi connectivity index (χ2n) is 7.37. The van der Waals surface area contributed by atoms with Crippen LogP contribution >= 0.6 is 11.3 Å². The number of hydrogen-bond donors (Lipinski definition) is 0. The van der Waals surface area contributed by atoms with Gasteiger partial charge in [-0.2, -0.15) is 5.26 Å². The van der Waals surface area contributed by atoms with E-state index in [2.05, 4.69) is 73.8 Å². The van der Waals surface area contributed by atoms with Crippen molar-refractivity contribution in [2.24, 2.45) is 4.99 Å². The molecule has 1 aliphatic rings. The Morgan fingerprint density at radius 3 is 2.33 bits per heavy atom. The van der Waals surface area contributed by atoms with Crippen molar-refractivity contribution in [3.05, 3.63) is 22.4 Å². The lowest BCUT2D eigenvalue weighted by molar-refractivity contribution is 0.201. The van der Waals surface area contributed by atoms with Crippen LogP contribution in [-0.2, 0) is 0 Å². The predicted octanol–water partition coefficient (Wildman–Crippen LogP) is 3.84. The van der Waals surface area contributed by atoms with Gasteiger partial charge in [-0.1, -0.05) is 6.07 Å². The topological polar surface area (TPSA) is 42.6 Å². The molecule has 1 atom stereocenters. The quantitative estimate of drug-likeness (QED) is 0.740. The number of hydrogen-bond acceptors (Lipinski definition) is 3. The summed E-state index contributed by atoms with van der Waals surface area (Å²) in [6, 6.07) is 4.50. The van der Waals surface area contributed by atoms with Gasteiger partial charge in [0.05, 0.1) is 6.04 Å². The highest BCUT2D eigenvalue weighted by atomic mass is 32.1. The zero-order valence-electron chi connectivity index (χ0n) is 13.7. The van der Waals surface area contributed by atoms with E-state index < -0.39 is 0 Å². The fraction of sp³-hybridized carbons (Fsp3) is 0.625. The Kier molecular flexibility index (Phi) is 4.03. The van der Waals surface area contributed by atoms with Crippen LogP contribution in [0.5, 0.6) is 0 Å². The van der Waals surface area contributed by atoms with Crippen molar-refractivity contribution < 1.29 is 0 Å². The highest BCUT2D eigenvalue weighted by Gasteiger charge is 2.45. The minimum Gasteiger partial charge on any atom is -0.335 e. The van der Waals surface area contributed by atoms with Gasteiger partial charge in [0, 0.05) is 22.5 Å². The molecule has 0 spiro atoms. The maximum absolute atomic E-state index is 9.12. The molecule has 1 aromatic rings. The van der Waals surface area contributed by atoms with Gasteiger partial charge in [-0.05, 0) is 53.0 Å². The molecule has 114 valence electrons. The Balaban J connectivity index is 2.53. The lowest BCUT2D eigenvalue weighted by atomic mass is 10.0. The fourth-order valence-corrected chi connectivity index (χ4v) is 3.61. The lowest BCUT2D eigenvalue weighted by Crippen LogP contribution is -2.50. The van der Waals surface area contributed by atoms with E-state index in [0.717, 1.165) is 12.5 Å². The second-order valence-corrected chi connectivity index (χ2v) is 8.34. The van der Waals surface area contributed by atoms with Gasteiger partial charge in [0.1, 0.15) is 0 Å². The smallest absolute Gasteiger partial charge is 0.214 e. The van der Waals surface area contributed by atoms with Crippen LogP contribution in [-0.4, -0.2) is 33.4 Å². The molecular weight excluding hydrogens is 280 g/mol. The van der Waals surface area contributed by atoms with Crippen LogP contribution in [0.3, 0.4) is 0 Å². The zero-order chi connectivity index (χ0) is 15.8. The highest BCUT2D eigenvalue weighted by molar-refractivity contribution is 7.10. The standard InChI is InChI=1S/C16H24N4S/c1-15(2,3)19-10-12(13-8-7-9-21-13)20(16(4,5)6)14(19)18-11-17/h7-9,12H,10H2,1-6H3. The first-order valence-electron chi connectivity index (χ1n) is 7.23. The average Bonchev–Trinajstić information content (AvgIpc) is 2.91. The summed E-state index contributed by atoms with van der Waals surface area (Å²) in [6.07, 6.45) is 1.99. The normalized spacial score (nSPS) is 22.0. The number of rotatable bonds is 1. The molecule has 4 nitrogen and oxygen atoms in total. The minimum absolute atomic E-state index is 0.0643. The van der Waals surface area contributed by atoms with E-state index in [9.17, 15) is 0 Å². The molecule has 1 aromatic heterocycles. The molecule has 1 saturated heterocycles. The van der Waals surface area contributed by atoms with Crippen LogP contribution in [0.25, 0.3) is 0 Å². The van der Waals surface area contributed by atoms with Gasteiger partial charge in [-0.3, -0.25) is 0 Å². The molecule has 21 heavy (non-hydrogen) atoms. The number of thiophene rings is 1. The van der Waals surface area contributed by atoms with Crippen molar-refractivity contribution in [3.8, 4) is 6.19 Å². The molecule has 0 saturated carbocycles. The third-order valence-corrected chi connectivity index (χ3v) is 4.65. The van der Waals surface area contributed by atoms with Gasteiger partial charge >= 0.3 is 0 Å². The third-order valence-electron chi connectivity index (χ3n) is 3.68. The maximum atomic E-state index is 9.12. The summed E-state index contributed by atoms with van der Waals surface area (Å²) in [5, 5.41) is 11.2. The third kappa shape index (κ3) is 3.06. The summed E-state index contributed by atoms with van der Waals surface area (Å²) < 4.78 is 0. The van der Waals surface area contributed by atoms with Crippen LogP contribution in [0.1, 0.15) is 52.5 Å². The van der Waals surface area contributed by atoms with Crippen LogP contribution < -0.4 is 0 Å². The first-order valence-corrected chi connectivity index (χ1v) is 8.11. The van der Waals surface area contributed by atoms with E-state index in [4.69, 9.17) is 5.26 Å². The van der Waals surface area contributed by atoms with E-state index in [0.29, 0.717) is 0 Å². The summed E-state index contributed by atoms with van der Waals surface area (Å²) >= 11 is 1.77. The van der Waals surface area contributed by atoms with Crippen molar-refractivity contribution >= 4 is 17.3 Å². The minimum atomic E-state index is -0.0929. The summed E-state index contributed by atoms with van der Waals surface area (Å²) in [5.74, 6) is 0.788. The molecule has 2 heterocycles. The van der Waals surface area contributed by atoms with Crippen LogP contribution in [0.2, 0.25) is 0 Å². The largest absolute Gasteiger partial charge is 0.335 e. The van der Waals surface area contributed by atoms with E-state index in [-0.39, 0.29) is 17.1 Å². The predicted molar refractivity (Wildman–Crippen MR) is 88.2 cm³/mol. The zero-order valence-corrected chi connectivity index (χ0v) is 14.5. The first-order chi connectivity index (χ1) is 9.66.